The highest BCUT2D eigenvalue weighted by molar-refractivity contribution is 6.33. The van der Waals surface area contributed by atoms with Crippen LogP contribution in [0.15, 0.2) is 12.7 Å². The van der Waals surface area contributed by atoms with Crippen molar-refractivity contribution in [2.45, 2.75) is 38.7 Å². The fourth-order valence-electron chi connectivity index (χ4n) is 1.11. The molecule has 0 aromatic rings. The molecule has 0 saturated heterocycles. The molecule has 0 radical (unpaired) electrons. The van der Waals surface area contributed by atoms with E-state index in [1.54, 1.807) is 0 Å². The zero-order chi connectivity index (χ0) is 8.74. The molecule has 0 heterocycles. The van der Waals surface area contributed by atoms with Gasteiger partial charge in [0.05, 0.1) is 0 Å². The van der Waals surface area contributed by atoms with E-state index < -0.39 is 9.76 Å². The molecule has 11 heavy (non-hydrogen) atoms. The van der Waals surface area contributed by atoms with E-state index in [1.807, 2.05) is 0 Å². The number of rotatable bonds is 6. The van der Waals surface area contributed by atoms with Gasteiger partial charge in [-0.25, -0.2) is 0 Å². The number of allylic oxidation sites excluding steroid dienone is 1. The van der Waals surface area contributed by atoms with E-state index in [0.717, 1.165) is 6.61 Å². The number of hydrogen-bond donors (Lipinski definition) is 0. The maximum atomic E-state index is 5.54. The minimum Gasteiger partial charge on any atom is -0.423 e. The molecule has 0 N–H and O–H groups in total. The molecule has 0 aliphatic carbocycles. The fraction of sp³-hybridized carbons (Fsp3) is 0.778. The molecule has 0 saturated carbocycles. The molecule has 0 unspecified atom stereocenters. The van der Waals surface area contributed by atoms with Gasteiger partial charge in [0.1, 0.15) is 0 Å². The van der Waals surface area contributed by atoms with Crippen molar-refractivity contribution in [1.29, 1.82) is 0 Å². The first-order valence-corrected chi connectivity index (χ1v) is 5.74. The molecule has 0 amide bonds. The van der Waals surface area contributed by atoms with Gasteiger partial charge in [-0.2, -0.15) is 0 Å². The summed E-state index contributed by atoms with van der Waals surface area (Å²) in [5.41, 5.74) is 0. The molecule has 0 aliphatic rings. The number of hydrogen-bond acceptors (Lipinski definition) is 1. The van der Waals surface area contributed by atoms with Gasteiger partial charge in [0.2, 0.25) is 0 Å². The summed E-state index contributed by atoms with van der Waals surface area (Å²) in [6.45, 7) is 11.2. The Bertz CT molecular complexity index is 108. The molecule has 0 rings (SSSR count). The Morgan fingerprint density at radius 1 is 1.36 bits per heavy atom. The lowest BCUT2D eigenvalue weighted by molar-refractivity contribution is 0.338. The maximum Gasteiger partial charge on any atom is 0.171 e. The van der Waals surface area contributed by atoms with Gasteiger partial charge in [0, 0.05) is 11.6 Å². The SMILES string of the molecule is C=CC(CC)(CC)[SiH2]OCC. The van der Waals surface area contributed by atoms with Crippen molar-refractivity contribution in [2.24, 2.45) is 0 Å². The van der Waals surface area contributed by atoms with Crippen LogP contribution in [0, 0.1) is 0 Å². The predicted octanol–water partition coefficient (Wildman–Crippen LogP) is 2.27. The summed E-state index contributed by atoms with van der Waals surface area (Å²) in [6, 6.07) is 0. The lowest BCUT2D eigenvalue weighted by Crippen LogP contribution is -2.19. The van der Waals surface area contributed by atoms with E-state index in [4.69, 9.17) is 4.43 Å². The molecule has 0 aromatic carbocycles. The quantitative estimate of drug-likeness (QED) is 0.441. The van der Waals surface area contributed by atoms with Gasteiger partial charge < -0.3 is 4.43 Å². The molecule has 0 fully saturated rings. The van der Waals surface area contributed by atoms with Crippen LogP contribution < -0.4 is 0 Å². The van der Waals surface area contributed by atoms with E-state index in [2.05, 4.69) is 33.4 Å². The van der Waals surface area contributed by atoms with Crippen LogP contribution in [-0.4, -0.2) is 16.4 Å². The van der Waals surface area contributed by atoms with Crippen LogP contribution in [0.5, 0.6) is 0 Å². The lowest BCUT2D eigenvalue weighted by atomic mass is 10.0. The highest BCUT2D eigenvalue weighted by Gasteiger charge is 2.22. The summed E-state index contributed by atoms with van der Waals surface area (Å²) in [5, 5.41) is 0.357. The van der Waals surface area contributed by atoms with Crippen molar-refractivity contribution in [3.8, 4) is 0 Å². The van der Waals surface area contributed by atoms with Crippen molar-refractivity contribution in [1.82, 2.24) is 0 Å². The van der Waals surface area contributed by atoms with Gasteiger partial charge >= 0.3 is 0 Å². The smallest absolute Gasteiger partial charge is 0.171 e. The second kappa shape index (κ2) is 5.55. The molecular formula is C9H20OSi. The van der Waals surface area contributed by atoms with E-state index in [9.17, 15) is 0 Å². The Kier molecular flexibility index (Phi) is 5.51. The van der Waals surface area contributed by atoms with Gasteiger partial charge in [-0.3, -0.25) is 0 Å². The first-order chi connectivity index (χ1) is 5.24. The average molecular weight is 172 g/mol. The minimum atomic E-state index is -0.400. The van der Waals surface area contributed by atoms with Gasteiger partial charge in [-0.1, -0.05) is 19.9 Å². The normalized spacial score (nSPS) is 12.6. The molecule has 1 nitrogen and oxygen atoms in total. The third-order valence-corrected chi connectivity index (χ3v) is 4.91. The minimum absolute atomic E-state index is 0.357. The van der Waals surface area contributed by atoms with Crippen LogP contribution in [0.3, 0.4) is 0 Å². The highest BCUT2D eigenvalue weighted by Crippen LogP contribution is 2.34. The van der Waals surface area contributed by atoms with Crippen molar-refractivity contribution in [2.75, 3.05) is 6.61 Å². The monoisotopic (exact) mass is 172 g/mol. The van der Waals surface area contributed by atoms with Crippen molar-refractivity contribution in [3.63, 3.8) is 0 Å². The van der Waals surface area contributed by atoms with Crippen LogP contribution >= 0.6 is 0 Å². The first kappa shape index (κ1) is 10.9. The molecule has 0 aromatic heterocycles. The van der Waals surface area contributed by atoms with Gasteiger partial charge in [-0.15, -0.1) is 6.58 Å². The first-order valence-electron chi connectivity index (χ1n) is 4.46. The standard InChI is InChI=1S/C9H20OSi/c1-5-9(6-2,7-3)11-10-8-4/h5H,1,6-8,11H2,2-4H3. The largest absolute Gasteiger partial charge is 0.423 e. The Morgan fingerprint density at radius 2 is 1.91 bits per heavy atom. The van der Waals surface area contributed by atoms with Gasteiger partial charge in [0.25, 0.3) is 0 Å². The molecule has 0 atom stereocenters. The summed E-state index contributed by atoms with van der Waals surface area (Å²) in [7, 11) is -0.400. The highest BCUT2D eigenvalue weighted by atomic mass is 28.2. The Hall–Kier alpha value is -0.0831. The Morgan fingerprint density at radius 3 is 2.18 bits per heavy atom. The van der Waals surface area contributed by atoms with E-state index in [1.165, 1.54) is 12.8 Å². The van der Waals surface area contributed by atoms with E-state index in [-0.39, 0.29) is 0 Å². The summed E-state index contributed by atoms with van der Waals surface area (Å²) in [5.74, 6) is 0. The van der Waals surface area contributed by atoms with Crippen LogP contribution in [0.1, 0.15) is 33.6 Å². The fourth-order valence-corrected chi connectivity index (χ4v) is 2.24. The van der Waals surface area contributed by atoms with Crippen LogP contribution in [0.25, 0.3) is 0 Å². The zero-order valence-electron chi connectivity index (χ0n) is 8.02. The van der Waals surface area contributed by atoms with Crippen LogP contribution in [0.4, 0.5) is 0 Å². The van der Waals surface area contributed by atoms with E-state index in [0.29, 0.717) is 5.04 Å². The average Bonchev–Trinajstić information content (AvgIpc) is 2.08. The summed E-state index contributed by atoms with van der Waals surface area (Å²) < 4.78 is 5.54. The molecule has 2 heteroatoms. The molecule has 0 bridgehead atoms. The molecule has 66 valence electrons. The van der Waals surface area contributed by atoms with Crippen LogP contribution in [-0.2, 0) is 4.43 Å². The van der Waals surface area contributed by atoms with Gasteiger partial charge in [-0.05, 0) is 19.8 Å². The lowest BCUT2D eigenvalue weighted by Gasteiger charge is -2.26. The van der Waals surface area contributed by atoms with Crippen LogP contribution in [0.2, 0.25) is 5.04 Å². The molecule has 0 aliphatic heterocycles. The second-order valence-corrected chi connectivity index (χ2v) is 5.02. The van der Waals surface area contributed by atoms with E-state index >= 15 is 0 Å². The van der Waals surface area contributed by atoms with Crippen molar-refractivity contribution < 1.29 is 4.43 Å². The third kappa shape index (κ3) is 3.21. The Balaban J connectivity index is 3.94. The van der Waals surface area contributed by atoms with Gasteiger partial charge in [0.15, 0.2) is 9.76 Å². The molecular weight excluding hydrogens is 152 g/mol. The summed E-state index contributed by atoms with van der Waals surface area (Å²) in [4.78, 5) is 0. The summed E-state index contributed by atoms with van der Waals surface area (Å²) >= 11 is 0. The third-order valence-electron chi connectivity index (χ3n) is 2.43. The Labute approximate surface area is 72.8 Å². The topological polar surface area (TPSA) is 9.23 Å². The summed E-state index contributed by atoms with van der Waals surface area (Å²) in [6.07, 6.45) is 4.45. The maximum absolute atomic E-state index is 5.54. The van der Waals surface area contributed by atoms with Crippen molar-refractivity contribution >= 4 is 9.76 Å². The molecule has 0 spiro atoms. The van der Waals surface area contributed by atoms with Crippen molar-refractivity contribution in [3.05, 3.63) is 12.7 Å². The predicted molar refractivity (Wildman–Crippen MR) is 53.6 cm³/mol. The zero-order valence-corrected chi connectivity index (χ0v) is 9.44. The second-order valence-electron chi connectivity index (χ2n) is 2.91.